The summed E-state index contributed by atoms with van der Waals surface area (Å²) in [5.74, 6) is -1.67. The molecule has 0 atom stereocenters. The zero-order chi connectivity index (χ0) is 47.8. The van der Waals surface area contributed by atoms with E-state index in [1.165, 1.54) is 164 Å². The Bertz CT molecular complexity index is 744. The number of carbonyl (C=O) groups is 2. The van der Waals surface area contributed by atoms with Gasteiger partial charge in [-0.15, -0.1) is 39.6 Å². The van der Waals surface area contributed by atoms with Gasteiger partial charge in [-0.05, 0) is 51.4 Å². The normalized spacial score (nSPS) is 7.93. The molecule has 0 aromatic carbocycles. The maximum atomic E-state index is 10.1. The predicted octanol–water partition coefficient (Wildman–Crippen LogP) is 0.00910. The van der Waals surface area contributed by atoms with Gasteiger partial charge in [-0.25, -0.2) is 0 Å². The Morgan fingerprint density at radius 2 is 0.388 bits per heavy atom. The van der Waals surface area contributed by atoms with Crippen LogP contribution in [0, 0.1) is 10.8 Å². The molecule has 0 bridgehead atoms. The van der Waals surface area contributed by atoms with Gasteiger partial charge in [0.05, 0.1) is 52.4 Å². The van der Waals surface area contributed by atoms with Crippen LogP contribution >= 0.6 is 0 Å². The zero-order valence-electron chi connectivity index (χ0n) is 50.8. The van der Waals surface area contributed by atoms with E-state index >= 15 is 0 Å². The molecule has 0 aliphatic carbocycles. The number of carboxylic acid groups (broad SMARTS) is 2. The van der Waals surface area contributed by atoms with Crippen LogP contribution in [0.25, 0.3) is 0 Å². The van der Waals surface area contributed by atoms with Crippen molar-refractivity contribution in [2.75, 3.05) is 105 Å². The number of hydrogen-bond donors (Lipinski definition) is 4. The minimum absolute atomic E-state index is 0. The molecule has 32 nitrogen and oxygen atoms in total. The fourth-order valence-electron chi connectivity index (χ4n) is 5.81. The van der Waals surface area contributed by atoms with E-state index in [1.807, 2.05) is 0 Å². The molecule has 0 saturated heterocycles. The molecule has 557 valence electrons. The molecule has 0 heterocycles. The molecule has 0 spiro atoms. The molecule has 0 amide bonds. The summed E-state index contributed by atoms with van der Waals surface area (Å²) in [5, 5.41) is 92.1. The topological polar surface area (TPSA) is 769 Å². The van der Waals surface area contributed by atoms with Gasteiger partial charge in [0, 0.05) is 153 Å². The molecular weight excluding hydrogens is 1700 g/mol. The molecule has 0 aromatic rings. The van der Waals surface area contributed by atoms with Crippen LogP contribution < -0.4 is 30.6 Å². The molecule has 85 heavy (non-hydrogen) atoms. The van der Waals surface area contributed by atoms with Crippen molar-refractivity contribution in [1.82, 2.24) is 0 Å². The van der Waals surface area contributed by atoms with Crippen LogP contribution in [0.1, 0.15) is 172 Å². The second-order valence-electron chi connectivity index (χ2n) is 16.5. The Hall–Kier alpha value is 2.47. The number of aliphatic hydroxyl groups is 2. The molecule has 0 rings (SSSR count). The smallest absolute Gasteiger partial charge is 2.00 e. The largest absolute Gasteiger partial charge is 2.00 e. The SMILES string of the molecule is CC(=O)O.CC(=O)O.CCCC[N+](CCCC)(CCCC)CCCC.CCCC[N+](CCCC)(CCCC)CCCC.[Cu+2].[Mo].[Mo].[Mo].[Mo].[Mo].[Mo].[O-2].[O-2].[O-2].[O-2].[O-2].[O-2].[O-2].[O-2].[O-2].[O-2].[O-2].[O-2].[O-2].[O-2].[O-2].[O-2].[O-]CC(C[O-])(C[O-])CO.[O-]CC(C[O-])(C[O-])CO.[OH-].[OH-]. The second-order valence-corrected chi connectivity index (χ2v) is 16.5. The fraction of sp³-hybridized carbons (Fsp3) is 0.957. The zero-order valence-corrected chi connectivity index (χ0v) is 63.7. The van der Waals surface area contributed by atoms with Crippen molar-refractivity contribution in [3.05, 3.63) is 0 Å². The number of quaternary nitrogens is 2. The second kappa shape index (κ2) is 152. The van der Waals surface area contributed by atoms with E-state index in [9.17, 15) is 30.6 Å². The molecule has 0 unspecified atom stereocenters. The van der Waals surface area contributed by atoms with E-state index in [4.69, 9.17) is 30.0 Å². The van der Waals surface area contributed by atoms with Crippen molar-refractivity contribution in [3.8, 4) is 0 Å². The summed E-state index contributed by atoms with van der Waals surface area (Å²) in [4.78, 5) is 18.0. The van der Waals surface area contributed by atoms with Gasteiger partial charge in [0.2, 0.25) is 0 Å². The van der Waals surface area contributed by atoms with Gasteiger partial charge in [0.1, 0.15) is 0 Å². The predicted molar refractivity (Wildman–Crippen MR) is 248 cm³/mol. The maximum Gasteiger partial charge on any atom is 2.00 e. The molecule has 0 saturated carbocycles. The third kappa shape index (κ3) is 140. The monoisotopic (exact) mass is 1810 g/mol. The van der Waals surface area contributed by atoms with Crippen LogP contribution in [-0.4, -0.2) is 157 Å². The minimum atomic E-state index is -1.44. The van der Waals surface area contributed by atoms with Crippen LogP contribution in [0.4, 0.5) is 0 Å². The van der Waals surface area contributed by atoms with E-state index in [0.717, 1.165) is 13.8 Å². The third-order valence-electron chi connectivity index (χ3n) is 10.4. The first kappa shape index (κ1) is 205. The standard InChI is InChI=1S/2C16H36N.2C5H9O4.2C2H4O2.Cu.6Mo.2H2O.16O/c2*1-5-9-13-17(14-10-6-2,15-11-7-3)16-12-8-4;2*6-1-5(2-7,3-8)4-9;2*1-2(3)4;;;;;;;;;;;;;;;;;;;;;;;;;/h2*5-16H2,1-4H3;2*6H,1-4H2;2*1H3,(H,3,4);;;;;;;;2*1H2;;;;;;;;;;;;;;;;/q2*+1;2*-3;;;+2;;;;;;;;;16*-2/p-2. The van der Waals surface area contributed by atoms with Crippen LogP contribution in [0.3, 0.4) is 0 Å². The molecular formula is C46H100CuMo6N2O30-36. The molecule has 39 heteroatoms. The molecule has 0 aliphatic heterocycles. The number of rotatable bonds is 32. The summed E-state index contributed by atoms with van der Waals surface area (Å²) in [5.41, 5.74) is -2.89. The van der Waals surface area contributed by atoms with Crippen LogP contribution in [0.2, 0.25) is 0 Å². The Labute approximate surface area is 606 Å². The maximum absolute atomic E-state index is 10.1. The Morgan fingerprint density at radius 3 is 0.424 bits per heavy atom. The third-order valence-corrected chi connectivity index (χ3v) is 10.4. The Morgan fingerprint density at radius 1 is 0.306 bits per heavy atom. The van der Waals surface area contributed by atoms with Gasteiger partial charge < -0.3 is 159 Å². The van der Waals surface area contributed by atoms with Crippen molar-refractivity contribution in [2.45, 2.75) is 172 Å². The van der Waals surface area contributed by atoms with Crippen molar-refractivity contribution in [2.24, 2.45) is 10.8 Å². The molecule has 0 aromatic heterocycles. The summed E-state index contributed by atoms with van der Waals surface area (Å²) in [6.07, 6.45) is 22.1. The fourth-order valence-corrected chi connectivity index (χ4v) is 5.81. The van der Waals surface area contributed by atoms with E-state index in [1.54, 1.807) is 0 Å². The minimum Gasteiger partial charge on any atom is -2.00 e. The molecule has 0 aliphatic rings. The first-order chi connectivity index (χ1) is 28.4. The van der Waals surface area contributed by atoms with Gasteiger partial charge in [0.15, 0.2) is 0 Å². The number of nitrogens with zero attached hydrogens (tertiary/aromatic N) is 2. The average Bonchev–Trinajstić information content (AvgIpc) is 3.25. The van der Waals surface area contributed by atoms with Crippen molar-refractivity contribution >= 4 is 11.9 Å². The van der Waals surface area contributed by atoms with Gasteiger partial charge in [0.25, 0.3) is 11.9 Å². The number of aliphatic carboxylic acids is 2. The summed E-state index contributed by atoms with van der Waals surface area (Å²) < 4.78 is 2.84. The van der Waals surface area contributed by atoms with E-state index < -0.39 is 75.6 Å². The van der Waals surface area contributed by atoms with Crippen molar-refractivity contribution < 1.29 is 312 Å². The number of carboxylic acids is 2. The van der Waals surface area contributed by atoms with Gasteiger partial charge in [-0.3, -0.25) is 9.59 Å². The molecule has 0 fully saturated rings. The quantitative estimate of drug-likeness (QED) is 0.0510. The Balaban J connectivity index is -0.0000000141. The average molecular weight is 1800 g/mol. The summed E-state index contributed by atoms with van der Waals surface area (Å²) in [6, 6.07) is 0. The van der Waals surface area contributed by atoms with E-state index in [2.05, 4.69) is 55.4 Å². The van der Waals surface area contributed by atoms with Crippen LogP contribution in [-0.2, 0) is 241 Å². The molecule has 1 radical (unpaired) electrons. The number of unbranched alkanes of at least 4 members (excludes halogenated alkanes) is 8. The summed E-state index contributed by atoms with van der Waals surface area (Å²) >= 11 is 0. The van der Waals surface area contributed by atoms with E-state index in [0.29, 0.717) is 0 Å². The van der Waals surface area contributed by atoms with Crippen molar-refractivity contribution in [1.29, 1.82) is 0 Å². The van der Waals surface area contributed by atoms with Crippen molar-refractivity contribution in [3.63, 3.8) is 0 Å². The summed E-state index contributed by atoms with van der Waals surface area (Å²) in [7, 11) is 0. The van der Waals surface area contributed by atoms with Gasteiger partial charge in [-0.2, -0.15) is 0 Å². The van der Waals surface area contributed by atoms with Gasteiger partial charge >= 0.3 is 17.1 Å². The summed E-state index contributed by atoms with van der Waals surface area (Å²) in [6.45, 7) is 26.3. The van der Waals surface area contributed by atoms with Gasteiger partial charge in [-0.1, -0.05) is 118 Å². The first-order valence-electron chi connectivity index (χ1n) is 23.2. The molecule has 6 N–H and O–H groups in total. The Kier molecular flexibility index (Phi) is 367. The first-order valence-corrected chi connectivity index (χ1v) is 23.2. The number of hydrogen-bond acceptors (Lipinski definition) is 12. The number of aliphatic hydroxyl groups excluding tert-OH is 2. The van der Waals surface area contributed by atoms with E-state index in [-0.39, 0.29) is 242 Å². The van der Waals surface area contributed by atoms with Crippen LogP contribution in [0.15, 0.2) is 0 Å². The van der Waals surface area contributed by atoms with Crippen LogP contribution in [0.5, 0.6) is 0 Å².